The van der Waals surface area contributed by atoms with Crippen LogP contribution in [0.2, 0.25) is 5.02 Å². The molecule has 0 aliphatic carbocycles. The number of carbonyl (C=O) groups excluding carboxylic acids is 1. The lowest BCUT2D eigenvalue weighted by Crippen LogP contribution is -1.76. The third-order valence-electron chi connectivity index (χ3n) is 2.32. The molecule has 0 amide bonds. The first-order chi connectivity index (χ1) is 8.20. The molecule has 1 aromatic carbocycles. The van der Waals surface area contributed by atoms with Crippen molar-refractivity contribution < 1.29 is 9.21 Å². The van der Waals surface area contributed by atoms with E-state index in [1.165, 1.54) is 0 Å². The van der Waals surface area contributed by atoms with Crippen LogP contribution in [-0.2, 0) is 4.79 Å². The highest BCUT2D eigenvalue weighted by molar-refractivity contribution is 6.33. The van der Waals surface area contributed by atoms with Crippen molar-refractivity contribution in [2.24, 2.45) is 0 Å². The zero-order chi connectivity index (χ0) is 12.3. The summed E-state index contributed by atoms with van der Waals surface area (Å²) in [5.41, 5.74) is 1.46. The molecule has 2 aromatic rings. The SMILES string of the molecule is CC(C=O)=Cc1ccc(-c2ccccc2Cl)o1. The van der Waals surface area contributed by atoms with Gasteiger partial charge in [-0.15, -0.1) is 0 Å². The Morgan fingerprint density at radius 3 is 2.71 bits per heavy atom. The average Bonchev–Trinajstić information content (AvgIpc) is 2.78. The first kappa shape index (κ1) is 11.7. The van der Waals surface area contributed by atoms with Gasteiger partial charge in [-0.2, -0.15) is 0 Å². The Morgan fingerprint density at radius 1 is 1.24 bits per heavy atom. The molecule has 0 N–H and O–H groups in total. The van der Waals surface area contributed by atoms with E-state index in [9.17, 15) is 4.79 Å². The maximum absolute atomic E-state index is 10.5. The molecule has 0 unspecified atom stereocenters. The first-order valence-electron chi connectivity index (χ1n) is 5.19. The minimum absolute atomic E-state index is 0.616. The molecule has 17 heavy (non-hydrogen) atoms. The second-order valence-corrected chi connectivity index (χ2v) is 4.10. The van der Waals surface area contributed by atoms with Gasteiger partial charge in [0, 0.05) is 5.56 Å². The molecule has 0 aliphatic rings. The molecule has 2 nitrogen and oxygen atoms in total. The van der Waals surface area contributed by atoms with Crippen LogP contribution in [0.5, 0.6) is 0 Å². The number of furan rings is 1. The van der Waals surface area contributed by atoms with Gasteiger partial charge in [0.2, 0.25) is 0 Å². The summed E-state index contributed by atoms with van der Waals surface area (Å²) in [4.78, 5) is 10.5. The summed E-state index contributed by atoms with van der Waals surface area (Å²) in [6.45, 7) is 1.73. The Kier molecular flexibility index (Phi) is 3.45. The van der Waals surface area contributed by atoms with Gasteiger partial charge in [0.15, 0.2) is 0 Å². The molecule has 0 radical (unpaired) electrons. The third kappa shape index (κ3) is 2.66. The Labute approximate surface area is 105 Å². The van der Waals surface area contributed by atoms with Crippen LogP contribution in [0.15, 0.2) is 46.4 Å². The van der Waals surface area contributed by atoms with Gasteiger partial charge in [0.1, 0.15) is 17.8 Å². The van der Waals surface area contributed by atoms with Crippen LogP contribution in [-0.4, -0.2) is 6.29 Å². The van der Waals surface area contributed by atoms with E-state index in [4.69, 9.17) is 16.0 Å². The standard InChI is InChI=1S/C14H11ClO2/c1-10(9-16)8-11-6-7-14(17-11)12-4-2-3-5-13(12)15/h2-9H,1H3. The normalized spacial score (nSPS) is 11.5. The number of benzene rings is 1. The van der Waals surface area contributed by atoms with Crippen molar-refractivity contribution in [2.75, 3.05) is 0 Å². The smallest absolute Gasteiger partial charge is 0.145 e. The lowest BCUT2D eigenvalue weighted by molar-refractivity contribution is -0.104. The van der Waals surface area contributed by atoms with Gasteiger partial charge in [0.05, 0.1) is 5.02 Å². The van der Waals surface area contributed by atoms with E-state index < -0.39 is 0 Å². The van der Waals surface area contributed by atoms with E-state index >= 15 is 0 Å². The molecule has 2 rings (SSSR count). The van der Waals surface area contributed by atoms with E-state index in [1.807, 2.05) is 36.4 Å². The number of aldehydes is 1. The van der Waals surface area contributed by atoms with E-state index in [-0.39, 0.29) is 0 Å². The van der Waals surface area contributed by atoms with Gasteiger partial charge in [-0.1, -0.05) is 23.7 Å². The van der Waals surface area contributed by atoms with Crippen LogP contribution in [0.25, 0.3) is 17.4 Å². The van der Waals surface area contributed by atoms with Crippen LogP contribution in [0.1, 0.15) is 12.7 Å². The van der Waals surface area contributed by atoms with E-state index in [0.29, 0.717) is 22.1 Å². The zero-order valence-electron chi connectivity index (χ0n) is 9.31. The highest BCUT2D eigenvalue weighted by atomic mass is 35.5. The van der Waals surface area contributed by atoms with Crippen LogP contribution in [0.4, 0.5) is 0 Å². The fourth-order valence-corrected chi connectivity index (χ4v) is 1.72. The fourth-order valence-electron chi connectivity index (χ4n) is 1.49. The molecule has 1 heterocycles. The van der Waals surface area contributed by atoms with Crippen molar-refractivity contribution in [3.63, 3.8) is 0 Å². The summed E-state index contributed by atoms with van der Waals surface area (Å²) >= 11 is 6.07. The summed E-state index contributed by atoms with van der Waals surface area (Å²) in [5.74, 6) is 1.34. The van der Waals surface area contributed by atoms with Crippen molar-refractivity contribution in [1.29, 1.82) is 0 Å². The minimum Gasteiger partial charge on any atom is -0.457 e. The highest BCUT2D eigenvalue weighted by Crippen LogP contribution is 2.29. The van der Waals surface area contributed by atoms with E-state index in [0.717, 1.165) is 11.8 Å². The molecule has 0 aliphatic heterocycles. The molecule has 0 fully saturated rings. The topological polar surface area (TPSA) is 30.2 Å². The van der Waals surface area contributed by atoms with Gasteiger partial charge >= 0.3 is 0 Å². The summed E-state index contributed by atoms with van der Waals surface area (Å²) in [5, 5.41) is 0.643. The van der Waals surface area contributed by atoms with Crippen molar-refractivity contribution in [1.82, 2.24) is 0 Å². The Bertz CT molecular complexity index is 567. The molecule has 0 saturated carbocycles. The van der Waals surface area contributed by atoms with Gasteiger partial charge < -0.3 is 4.42 Å². The zero-order valence-corrected chi connectivity index (χ0v) is 10.1. The third-order valence-corrected chi connectivity index (χ3v) is 2.65. The van der Waals surface area contributed by atoms with Crippen molar-refractivity contribution in [2.45, 2.75) is 6.92 Å². The Morgan fingerprint density at radius 2 is 2.00 bits per heavy atom. The maximum atomic E-state index is 10.5. The lowest BCUT2D eigenvalue weighted by Gasteiger charge is -1.98. The Balaban J connectivity index is 2.37. The molecule has 0 atom stereocenters. The van der Waals surface area contributed by atoms with Crippen LogP contribution >= 0.6 is 11.6 Å². The monoisotopic (exact) mass is 246 g/mol. The van der Waals surface area contributed by atoms with Gasteiger partial charge in [-0.25, -0.2) is 0 Å². The van der Waals surface area contributed by atoms with E-state index in [1.54, 1.807) is 13.0 Å². The number of halogens is 1. The van der Waals surface area contributed by atoms with Gasteiger partial charge in [-0.3, -0.25) is 4.79 Å². The van der Waals surface area contributed by atoms with Crippen LogP contribution < -0.4 is 0 Å². The summed E-state index contributed by atoms with van der Waals surface area (Å²) in [7, 11) is 0. The largest absolute Gasteiger partial charge is 0.457 e. The van der Waals surface area contributed by atoms with Crippen molar-refractivity contribution in [3.8, 4) is 11.3 Å². The molecular weight excluding hydrogens is 236 g/mol. The lowest BCUT2D eigenvalue weighted by atomic mass is 10.2. The number of hydrogen-bond donors (Lipinski definition) is 0. The second kappa shape index (κ2) is 5.02. The first-order valence-corrected chi connectivity index (χ1v) is 5.56. The number of hydrogen-bond acceptors (Lipinski definition) is 2. The molecule has 0 saturated heterocycles. The van der Waals surface area contributed by atoms with Gasteiger partial charge in [0.25, 0.3) is 0 Å². The summed E-state index contributed by atoms with van der Waals surface area (Å²) in [6.07, 6.45) is 2.48. The molecular formula is C14H11ClO2. The summed E-state index contributed by atoms with van der Waals surface area (Å²) < 4.78 is 5.60. The van der Waals surface area contributed by atoms with E-state index in [2.05, 4.69) is 0 Å². The van der Waals surface area contributed by atoms with Crippen LogP contribution in [0, 0.1) is 0 Å². The molecule has 1 aromatic heterocycles. The predicted octanol–water partition coefficient (Wildman–Crippen LogP) is 4.20. The molecule has 0 spiro atoms. The molecule has 86 valence electrons. The van der Waals surface area contributed by atoms with Crippen molar-refractivity contribution in [3.05, 3.63) is 52.8 Å². The minimum atomic E-state index is 0.616. The predicted molar refractivity (Wildman–Crippen MR) is 68.9 cm³/mol. The number of carbonyl (C=O) groups is 1. The molecule has 0 bridgehead atoms. The van der Waals surface area contributed by atoms with Gasteiger partial charge in [-0.05, 0) is 42.8 Å². The quantitative estimate of drug-likeness (QED) is 0.600. The average molecular weight is 247 g/mol. The summed E-state index contributed by atoms with van der Waals surface area (Å²) in [6, 6.07) is 11.1. The Hall–Kier alpha value is -1.80. The second-order valence-electron chi connectivity index (χ2n) is 3.69. The maximum Gasteiger partial charge on any atom is 0.145 e. The van der Waals surface area contributed by atoms with Crippen LogP contribution in [0.3, 0.4) is 0 Å². The number of rotatable bonds is 3. The van der Waals surface area contributed by atoms with Crippen molar-refractivity contribution >= 4 is 24.0 Å². The molecule has 3 heteroatoms. The number of allylic oxidation sites excluding steroid dienone is 1. The highest BCUT2D eigenvalue weighted by Gasteiger charge is 2.06. The fraction of sp³-hybridized carbons (Fsp3) is 0.0714.